The standard InChI is InChI=1S/C11H18BrNO3/c1-7-9(12)8(14)5-6-13(7)10(15)16-11(2,3)4/h7,9H,5-6H2,1-4H3. The van der Waals surface area contributed by atoms with E-state index in [4.69, 9.17) is 4.74 Å². The molecule has 1 saturated heterocycles. The van der Waals surface area contributed by atoms with E-state index in [1.165, 1.54) is 0 Å². The zero-order chi connectivity index (χ0) is 12.5. The zero-order valence-corrected chi connectivity index (χ0v) is 11.7. The Morgan fingerprint density at radius 3 is 2.56 bits per heavy atom. The Hall–Kier alpha value is -0.580. The maximum absolute atomic E-state index is 11.8. The Morgan fingerprint density at radius 2 is 2.06 bits per heavy atom. The largest absolute Gasteiger partial charge is 0.444 e. The van der Waals surface area contributed by atoms with Crippen LogP contribution in [-0.2, 0) is 9.53 Å². The summed E-state index contributed by atoms with van der Waals surface area (Å²) < 4.78 is 5.29. The monoisotopic (exact) mass is 291 g/mol. The van der Waals surface area contributed by atoms with Gasteiger partial charge in [0.05, 0.1) is 10.9 Å². The van der Waals surface area contributed by atoms with E-state index in [0.717, 1.165) is 0 Å². The SMILES string of the molecule is CC1C(Br)C(=O)CCN1C(=O)OC(C)(C)C. The molecule has 92 valence electrons. The van der Waals surface area contributed by atoms with Crippen molar-refractivity contribution >= 4 is 27.8 Å². The second kappa shape index (κ2) is 4.73. The molecule has 16 heavy (non-hydrogen) atoms. The van der Waals surface area contributed by atoms with Crippen LogP contribution in [0.15, 0.2) is 0 Å². The molecule has 4 nitrogen and oxygen atoms in total. The Kier molecular flexibility index (Phi) is 3.99. The molecule has 1 aliphatic heterocycles. The zero-order valence-electron chi connectivity index (χ0n) is 10.1. The molecule has 1 amide bonds. The molecule has 0 spiro atoms. The summed E-state index contributed by atoms with van der Waals surface area (Å²) in [5, 5.41) is 0. The van der Waals surface area contributed by atoms with Crippen LogP contribution < -0.4 is 0 Å². The van der Waals surface area contributed by atoms with E-state index in [0.29, 0.717) is 13.0 Å². The van der Waals surface area contributed by atoms with E-state index in [1.54, 1.807) is 4.90 Å². The summed E-state index contributed by atoms with van der Waals surface area (Å²) in [5.41, 5.74) is -0.500. The summed E-state index contributed by atoms with van der Waals surface area (Å²) in [7, 11) is 0. The molecule has 0 saturated carbocycles. The number of halogens is 1. The fourth-order valence-corrected chi connectivity index (χ4v) is 2.09. The number of hydrogen-bond donors (Lipinski definition) is 0. The van der Waals surface area contributed by atoms with Crippen molar-refractivity contribution in [2.24, 2.45) is 0 Å². The van der Waals surface area contributed by atoms with Crippen LogP contribution in [0.1, 0.15) is 34.1 Å². The van der Waals surface area contributed by atoms with Gasteiger partial charge in [-0.3, -0.25) is 4.79 Å². The molecule has 1 heterocycles. The van der Waals surface area contributed by atoms with E-state index >= 15 is 0 Å². The quantitative estimate of drug-likeness (QED) is 0.644. The summed E-state index contributed by atoms with van der Waals surface area (Å²) in [6.45, 7) is 7.78. The first-order chi connectivity index (χ1) is 7.22. The van der Waals surface area contributed by atoms with Crippen molar-refractivity contribution in [1.82, 2.24) is 4.90 Å². The normalized spacial score (nSPS) is 26.8. The van der Waals surface area contributed by atoms with E-state index < -0.39 is 5.60 Å². The van der Waals surface area contributed by atoms with E-state index in [1.807, 2.05) is 27.7 Å². The first kappa shape index (κ1) is 13.5. The summed E-state index contributed by atoms with van der Waals surface area (Å²) >= 11 is 3.31. The van der Waals surface area contributed by atoms with E-state index in [-0.39, 0.29) is 22.7 Å². The van der Waals surface area contributed by atoms with Gasteiger partial charge in [0.1, 0.15) is 11.4 Å². The molecule has 0 aromatic carbocycles. The van der Waals surface area contributed by atoms with Crippen LogP contribution in [0.5, 0.6) is 0 Å². The predicted molar refractivity (Wildman–Crippen MR) is 64.7 cm³/mol. The van der Waals surface area contributed by atoms with Crippen molar-refractivity contribution in [3.05, 3.63) is 0 Å². The molecule has 1 rings (SSSR count). The second-order valence-corrected chi connectivity index (χ2v) is 6.02. The number of carbonyl (C=O) groups excluding carboxylic acids is 2. The minimum Gasteiger partial charge on any atom is -0.444 e. The smallest absolute Gasteiger partial charge is 0.410 e. The van der Waals surface area contributed by atoms with Crippen molar-refractivity contribution in [1.29, 1.82) is 0 Å². The Bertz CT molecular complexity index is 298. The molecule has 0 aromatic heterocycles. The third-order valence-electron chi connectivity index (χ3n) is 2.45. The average molecular weight is 292 g/mol. The lowest BCUT2D eigenvalue weighted by Crippen LogP contribution is -2.52. The highest BCUT2D eigenvalue weighted by Gasteiger charge is 2.36. The molecular formula is C11H18BrNO3. The second-order valence-electron chi connectivity index (χ2n) is 5.03. The van der Waals surface area contributed by atoms with Gasteiger partial charge in [-0.25, -0.2) is 4.79 Å². The number of likely N-dealkylation sites (tertiary alicyclic amines) is 1. The molecule has 5 heteroatoms. The highest BCUT2D eigenvalue weighted by atomic mass is 79.9. The van der Waals surface area contributed by atoms with Gasteiger partial charge in [0.2, 0.25) is 0 Å². The highest BCUT2D eigenvalue weighted by molar-refractivity contribution is 9.10. The topological polar surface area (TPSA) is 46.6 Å². The summed E-state index contributed by atoms with van der Waals surface area (Å²) in [4.78, 5) is 24.6. The first-order valence-electron chi connectivity index (χ1n) is 5.39. The van der Waals surface area contributed by atoms with Crippen molar-refractivity contribution in [3.63, 3.8) is 0 Å². The van der Waals surface area contributed by atoms with Crippen molar-refractivity contribution < 1.29 is 14.3 Å². The number of alkyl halides is 1. The molecule has 0 aromatic rings. The number of hydrogen-bond acceptors (Lipinski definition) is 3. The van der Waals surface area contributed by atoms with Gasteiger partial charge in [0.25, 0.3) is 0 Å². The lowest BCUT2D eigenvalue weighted by Gasteiger charge is -2.36. The Balaban J connectivity index is 2.67. The van der Waals surface area contributed by atoms with Gasteiger partial charge in [-0.2, -0.15) is 0 Å². The van der Waals surface area contributed by atoms with Crippen LogP contribution in [-0.4, -0.2) is 39.8 Å². The van der Waals surface area contributed by atoms with Crippen molar-refractivity contribution in [3.8, 4) is 0 Å². The number of piperidine rings is 1. The predicted octanol–water partition coefficient (Wildman–Crippen LogP) is 2.35. The Morgan fingerprint density at radius 1 is 1.50 bits per heavy atom. The van der Waals surface area contributed by atoms with Gasteiger partial charge >= 0.3 is 6.09 Å². The minimum absolute atomic E-state index is 0.146. The maximum Gasteiger partial charge on any atom is 0.410 e. The van der Waals surface area contributed by atoms with E-state index in [2.05, 4.69) is 15.9 Å². The third kappa shape index (κ3) is 3.20. The van der Waals surface area contributed by atoms with Crippen LogP contribution in [0.3, 0.4) is 0 Å². The number of nitrogens with zero attached hydrogens (tertiary/aromatic N) is 1. The third-order valence-corrected chi connectivity index (χ3v) is 3.73. The van der Waals surface area contributed by atoms with Gasteiger partial charge in [-0.1, -0.05) is 15.9 Å². The average Bonchev–Trinajstić information content (AvgIpc) is 2.11. The van der Waals surface area contributed by atoms with E-state index in [9.17, 15) is 9.59 Å². The van der Waals surface area contributed by atoms with Crippen LogP contribution in [0.4, 0.5) is 4.79 Å². The van der Waals surface area contributed by atoms with Gasteiger partial charge in [0, 0.05) is 13.0 Å². The molecule has 0 aliphatic carbocycles. The van der Waals surface area contributed by atoms with Crippen LogP contribution in [0, 0.1) is 0 Å². The van der Waals surface area contributed by atoms with Gasteiger partial charge in [0.15, 0.2) is 0 Å². The number of Topliss-reactive ketones (excluding diaryl/α,β-unsaturated/α-hetero) is 1. The van der Waals surface area contributed by atoms with Gasteiger partial charge in [-0.05, 0) is 27.7 Å². The molecule has 0 N–H and O–H groups in total. The van der Waals surface area contributed by atoms with Crippen molar-refractivity contribution in [2.45, 2.75) is 50.6 Å². The number of rotatable bonds is 0. The molecule has 0 radical (unpaired) electrons. The number of amides is 1. The molecule has 2 unspecified atom stereocenters. The van der Waals surface area contributed by atoms with Crippen LogP contribution >= 0.6 is 15.9 Å². The Labute approximate surface area is 104 Å². The fraction of sp³-hybridized carbons (Fsp3) is 0.818. The summed E-state index contributed by atoms with van der Waals surface area (Å²) in [6.07, 6.45) is 0.0383. The summed E-state index contributed by atoms with van der Waals surface area (Å²) in [6, 6.07) is -0.156. The number of ketones is 1. The first-order valence-corrected chi connectivity index (χ1v) is 6.30. The molecular weight excluding hydrogens is 274 g/mol. The molecule has 1 aliphatic rings. The van der Waals surface area contributed by atoms with Gasteiger partial charge in [-0.15, -0.1) is 0 Å². The van der Waals surface area contributed by atoms with Crippen molar-refractivity contribution in [2.75, 3.05) is 6.54 Å². The summed E-state index contributed by atoms with van der Waals surface area (Å²) in [5.74, 6) is 0.146. The molecule has 1 fully saturated rings. The van der Waals surface area contributed by atoms with Crippen LogP contribution in [0.2, 0.25) is 0 Å². The maximum atomic E-state index is 11.8. The highest BCUT2D eigenvalue weighted by Crippen LogP contribution is 2.23. The molecule has 2 atom stereocenters. The number of carbonyl (C=O) groups is 2. The number of ether oxygens (including phenoxy) is 1. The fourth-order valence-electron chi connectivity index (χ4n) is 1.58. The minimum atomic E-state index is -0.500. The lowest BCUT2D eigenvalue weighted by molar-refractivity contribution is -0.121. The van der Waals surface area contributed by atoms with Crippen LogP contribution in [0.25, 0.3) is 0 Å². The lowest BCUT2D eigenvalue weighted by atomic mass is 10.0. The van der Waals surface area contributed by atoms with Gasteiger partial charge < -0.3 is 9.64 Å². The molecule has 0 bridgehead atoms.